The number of hydrogen-bond acceptors (Lipinski definition) is 7. The number of rotatable bonds is 14. The second-order valence-electron chi connectivity index (χ2n) is 10.1. The van der Waals surface area contributed by atoms with Crippen molar-refractivity contribution in [3.63, 3.8) is 0 Å². The van der Waals surface area contributed by atoms with E-state index in [4.69, 9.17) is 25.8 Å². The maximum atomic E-state index is 11.9. The molecule has 1 aliphatic rings. The number of benzene rings is 3. The van der Waals surface area contributed by atoms with Crippen LogP contribution < -0.4 is 19.5 Å². The van der Waals surface area contributed by atoms with Crippen LogP contribution in [0.4, 0.5) is 5.69 Å². The van der Waals surface area contributed by atoms with Gasteiger partial charge >= 0.3 is 5.97 Å². The number of carbonyl (C=O) groups is 1. The molecule has 0 spiro atoms. The maximum absolute atomic E-state index is 11.9. The monoisotopic (exact) mass is 600 g/mol. The Morgan fingerprint density at radius 1 is 1.10 bits per heavy atom. The van der Waals surface area contributed by atoms with E-state index in [1.54, 1.807) is 0 Å². The molecular weight excluding hydrogens is 564 g/mol. The highest BCUT2D eigenvalue weighted by atomic mass is 35.5. The van der Waals surface area contributed by atoms with Crippen molar-refractivity contribution in [1.82, 2.24) is 4.72 Å². The molecule has 0 radical (unpaired) electrons. The topological polar surface area (TPSA) is 103 Å². The van der Waals surface area contributed by atoms with Crippen LogP contribution in [0.25, 0.3) is 11.1 Å². The molecule has 2 N–H and O–H groups in total. The Bertz CT molecular complexity index is 1450. The summed E-state index contributed by atoms with van der Waals surface area (Å²) in [5, 5.41) is 3.48. The predicted molar refractivity (Wildman–Crippen MR) is 163 cm³/mol. The molecule has 0 aromatic heterocycles. The molecule has 0 amide bonds. The number of halogens is 1. The molecule has 41 heavy (non-hydrogen) atoms. The molecule has 1 aliphatic heterocycles. The van der Waals surface area contributed by atoms with E-state index in [1.807, 2.05) is 44.2 Å². The first-order valence-electron chi connectivity index (χ1n) is 13.6. The Balaban J connectivity index is 1.36. The number of aryl methyl sites for hydroxylation is 2. The minimum Gasteiger partial charge on any atom is -0.493 e. The van der Waals surface area contributed by atoms with E-state index in [1.165, 1.54) is 7.11 Å². The summed E-state index contributed by atoms with van der Waals surface area (Å²) in [6.07, 6.45) is 0.726. The fraction of sp³-hybridized carbons (Fsp3) is 0.387. The summed E-state index contributed by atoms with van der Waals surface area (Å²) in [5.41, 5.74) is 7.51. The summed E-state index contributed by atoms with van der Waals surface area (Å²) in [6, 6.07) is 18.4. The quantitative estimate of drug-likeness (QED) is 0.142. The van der Waals surface area contributed by atoms with Gasteiger partial charge in [0.2, 0.25) is 10.0 Å². The smallest absolute Gasteiger partial charge is 0.306 e. The first-order valence-corrected chi connectivity index (χ1v) is 15.8. The average molecular weight is 601 g/mol. The van der Waals surface area contributed by atoms with Crippen LogP contribution in [0.5, 0.6) is 11.5 Å². The summed E-state index contributed by atoms with van der Waals surface area (Å²) < 4.78 is 42.8. The molecular formula is C31H37ClN2O6S. The lowest BCUT2D eigenvalue weighted by Crippen LogP contribution is -2.30. The summed E-state index contributed by atoms with van der Waals surface area (Å²) in [4.78, 5) is 11.7. The van der Waals surface area contributed by atoms with Gasteiger partial charge < -0.3 is 19.5 Å². The summed E-state index contributed by atoms with van der Waals surface area (Å²) in [7, 11) is -1.93. The van der Waals surface area contributed by atoms with E-state index >= 15 is 0 Å². The van der Waals surface area contributed by atoms with Crippen molar-refractivity contribution in [2.75, 3.05) is 43.8 Å². The predicted octanol–water partition coefficient (Wildman–Crippen LogP) is 5.55. The number of ether oxygens (including phenoxy) is 3. The zero-order valence-electron chi connectivity index (χ0n) is 23.7. The van der Waals surface area contributed by atoms with E-state index in [0.29, 0.717) is 37.6 Å². The third-order valence-electron chi connectivity index (χ3n) is 6.99. The Labute approximate surface area is 247 Å². The largest absolute Gasteiger partial charge is 0.493 e. The van der Waals surface area contributed by atoms with Crippen LogP contribution in [0.2, 0.25) is 0 Å². The van der Waals surface area contributed by atoms with Crippen LogP contribution in [0, 0.1) is 13.8 Å². The minimum atomic E-state index is -3.34. The van der Waals surface area contributed by atoms with Crippen molar-refractivity contribution in [1.29, 1.82) is 0 Å². The zero-order chi connectivity index (χ0) is 29.4. The molecule has 8 nitrogen and oxygen atoms in total. The van der Waals surface area contributed by atoms with Gasteiger partial charge in [-0.3, -0.25) is 4.79 Å². The molecule has 0 saturated heterocycles. The van der Waals surface area contributed by atoms with Crippen LogP contribution in [0.15, 0.2) is 54.6 Å². The van der Waals surface area contributed by atoms with Crippen LogP contribution >= 0.6 is 11.6 Å². The van der Waals surface area contributed by atoms with Crippen LogP contribution in [0.1, 0.15) is 41.0 Å². The highest BCUT2D eigenvalue weighted by molar-refractivity contribution is 7.89. The van der Waals surface area contributed by atoms with Crippen LogP contribution in [0.3, 0.4) is 0 Å². The van der Waals surface area contributed by atoms with Crippen molar-refractivity contribution < 1.29 is 27.4 Å². The van der Waals surface area contributed by atoms with Gasteiger partial charge in [0.15, 0.2) is 0 Å². The third kappa shape index (κ3) is 8.38. The molecule has 0 saturated carbocycles. The number of hydrogen-bond donors (Lipinski definition) is 2. The summed E-state index contributed by atoms with van der Waals surface area (Å²) in [5.74, 6) is 1.61. The number of fused-ring (bicyclic) bond motifs is 1. The fourth-order valence-corrected chi connectivity index (χ4v) is 6.38. The number of methoxy groups -OCH3 is 1. The van der Waals surface area contributed by atoms with Gasteiger partial charge in [0.05, 0.1) is 25.9 Å². The highest BCUT2D eigenvalue weighted by Crippen LogP contribution is 2.38. The first-order chi connectivity index (χ1) is 19.7. The molecule has 4 rings (SSSR count). The van der Waals surface area contributed by atoms with Crippen molar-refractivity contribution in [2.45, 2.75) is 39.2 Å². The van der Waals surface area contributed by atoms with E-state index in [2.05, 4.69) is 34.3 Å². The molecule has 10 heteroatoms. The van der Waals surface area contributed by atoms with E-state index < -0.39 is 10.0 Å². The van der Waals surface area contributed by atoms with Crippen LogP contribution in [-0.4, -0.2) is 52.9 Å². The van der Waals surface area contributed by atoms with Gasteiger partial charge in [-0.1, -0.05) is 24.3 Å². The lowest BCUT2D eigenvalue weighted by atomic mass is 9.94. The van der Waals surface area contributed by atoms with Gasteiger partial charge in [-0.15, -0.1) is 11.6 Å². The van der Waals surface area contributed by atoms with Crippen LogP contribution in [-0.2, 0) is 26.1 Å². The Kier molecular flexibility index (Phi) is 10.5. The van der Waals surface area contributed by atoms with E-state index in [0.717, 1.165) is 44.8 Å². The molecule has 0 aliphatic carbocycles. The molecule has 1 unspecified atom stereocenters. The fourth-order valence-electron chi connectivity index (χ4n) is 5.03. The summed E-state index contributed by atoms with van der Waals surface area (Å²) in [6.45, 7) is 5.65. The number of alkyl halides is 1. The second kappa shape index (κ2) is 14.1. The van der Waals surface area contributed by atoms with Gasteiger partial charge in [0.1, 0.15) is 18.1 Å². The Morgan fingerprint density at radius 3 is 2.61 bits per heavy atom. The Hall–Kier alpha value is -3.27. The number of esters is 1. The first kappa shape index (κ1) is 30.7. The molecule has 0 bridgehead atoms. The van der Waals surface area contributed by atoms with Crippen molar-refractivity contribution >= 4 is 33.3 Å². The van der Waals surface area contributed by atoms with Gasteiger partial charge in [0, 0.05) is 42.2 Å². The molecule has 3 aromatic carbocycles. The van der Waals surface area contributed by atoms with E-state index in [9.17, 15) is 13.2 Å². The molecule has 0 fully saturated rings. The minimum absolute atomic E-state index is 0.0125. The second-order valence-corrected chi connectivity index (χ2v) is 12.4. The number of anilines is 1. The highest BCUT2D eigenvalue weighted by Gasteiger charge is 2.27. The van der Waals surface area contributed by atoms with Gasteiger partial charge in [-0.25, -0.2) is 13.1 Å². The summed E-state index contributed by atoms with van der Waals surface area (Å²) >= 11 is 5.59. The SMILES string of the molecule is COC(=O)CC1COc2cc(NCc3cccc(-c4c(C)cc(OCCNS(=O)(=O)CCCCl)cc4C)c3)ccc21. The molecule has 1 heterocycles. The molecule has 1 atom stereocenters. The van der Waals surface area contributed by atoms with Crippen molar-refractivity contribution in [2.24, 2.45) is 0 Å². The number of carbonyl (C=O) groups excluding carboxylic acids is 1. The van der Waals surface area contributed by atoms with Crippen molar-refractivity contribution in [3.8, 4) is 22.6 Å². The molecule has 3 aromatic rings. The lowest BCUT2D eigenvalue weighted by Gasteiger charge is -2.15. The zero-order valence-corrected chi connectivity index (χ0v) is 25.2. The normalized spacial score (nSPS) is 14.3. The van der Waals surface area contributed by atoms with Crippen molar-refractivity contribution in [3.05, 3.63) is 76.9 Å². The lowest BCUT2D eigenvalue weighted by molar-refractivity contribution is -0.141. The van der Waals surface area contributed by atoms with Gasteiger partial charge in [0.25, 0.3) is 0 Å². The standard InChI is InChI=1S/C31H37ClN2O6S/c1-21-14-27(39-12-11-34-41(36,37)13-5-10-32)15-22(2)31(21)24-7-4-6-23(16-24)19-33-26-8-9-28-25(17-30(35)38-3)20-40-29(28)18-26/h4,6-9,14-16,18,25,33-34H,5,10-13,17,19-20H2,1-3H3. The number of nitrogens with one attached hydrogen (secondary N) is 2. The van der Waals surface area contributed by atoms with E-state index in [-0.39, 0.29) is 30.8 Å². The third-order valence-corrected chi connectivity index (χ3v) is 8.73. The Morgan fingerprint density at radius 2 is 1.88 bits per heavy atom. The van der Waals surface area contributed by atoms with Gasteiger partial charge in [-0.05, 0) is 72.4 Å². The maximum Gasteiger partial charge on any atom is 0.306 e. The average Bonchev–Trinajstić information content (AvgIpc) is 3.34. The molecule has 220 valence electrons. The number of sulfonamides is 1. The van der Waals surface area contributed by atoms with Gasteiger partial charge in [-0.2, -0.15) is 0 Å².